The summed E-state index contributed by atoms with van der Waals surface area (Å²) in [6.45, 7) is 0. The summed E-state index contributed by atoms with van der Waals surface area (Å²) in [6, 6.07) is 7.67. The van der Waals surface area contributed by atoms with E-state index in [0.717, 1.165) is 29.5 Å². The van der Waals surface area contributed by atoms with Gasteiger partial charge >= 0.3 is 21.0 Å². The molecule has 0 fully saturated rings. The van der Waals surface area contributed by atoms with Gasteiger partial charge in [-0.2, -0.15) is 0 Å². The van der Waals surface area contributed by atoms with Gasteiger partial charge in [-0.15, -0.1) is 0 Å². The van der Waals surface area contributed by atoms with E-state index in [-0.39, 0.29) is 22.3 Å². The number of phenols is 2. The number of hydrogen-bond donors (Lipinski definition) is 2. The zero-order valence-corrected chi connectivity index (χ0v) is 14.2. The number of hydrogen-bond acceptors (Lipinski definition) is 9. The number of carboxylic acids is 2. The summed E-state index contributed by atoms with van der Waals surface area (Å²) in [5.74, 6) is -4.10. The van der Waals surface area contributed by atoms with Gasteiger partial charge < -0.3 is 30.0 Å². The van der Waals surface area contributed by atoms with Crippen molar-refractivity contribution >= 4 is 24.5 Å². The Balaban J connectivity index is 0.000000439. The predicted molar refractivity (Wildman–Crippen MR) is 76.3 cm³/mol. The molecular weight excluding hydrogens is 387 g/mol. The van der Waals surface area contributed by atoms with Gasteiger partial charge in [-0.1, -0.05) is 12.1 Å². The summed E-state index contributed by atoms with van der Waals surface area (Å²) in [7, 11) is 0. The number of aromatic carboxylic acids is 2. The molecule has 2 rings (SSSR count). The Hall–Kier alpha value is -3.30. The van der Waals surface area contributed by atoms with Crippen molar-refractivity contribution in [3.63, 3.8) is 0 Å². The van der Waals surface area contributed by atoms with E-state index in [1.165, 1.54) is 24.3 Å². The monoisotopic (exact) mass is 397 g/mol. The summed E-state index contributed by atoms with van der Waals surface area (Å²) in [5, 5.41) is 38.8. The number of aromatic hydroxyl groups is 2. The average Bonchev–Trinajstić information content (AvgIpc) is 2.64. The molecular formula is C16H10O9V. The fourth-order valence-corrected chi connectivity index (χ4v) is 1.64. The van der Waals surface area contributed by atoms with Gasteiger partial charge in [0.2, 0.25) is 0 Å². The van der Waals surface area contributed by atoms with Gasteiger partial charge in [0.05, 0.1) is 23.1 Å². The first-order valence-corrected chi connectivity index (χ1v) is 7.05. The van der Waals surface area contributed by atoms with Gasteiger partial charge in [-0.3, -0.25) is 9.59 Å². The molecule has 0 saturated carbocycles. The Morgan fingerprint density at radius 1 is 0.769 bits per heavy atom. The van der Waals surface area contributed by atoms with Crippen molar-refractivity contribution < 1.29 is 60.6 Å². The number of benzene rings is 2. The molecule has 9 nitrogen and oxygen atoms in total. The van der Waals surface area contributed by atoms with Crippen LogP contribution in [-0.4, -0.2) is 34.7 Å². The Morgan fingerprint density at radius 3 is 1.31 bits per heavy atom. The first-order chi connectivity index (χ1) is 12.3. The fraction of sp³-hybridized carbons (Fsp3) is 0. The normalized spacial score (nSPS) is 8.85. The second-order valence-electron chi connectivity index (χ2n) is 4.30. The second kappa shape index (κ2) is 11.3. The Kier molecular flexibility index (Phi) is 9.86. The summed E-state index contributed by atoms with van der Waals surface area (Å²) in [6.07, 6.45) is 0.754. The zero-order valence-electron chi connectivity index (χ0n) is 12.8. The minimum absolute atomic E-state index is 0.0586. The van der Waals surface area contributed by atoms with Crippen molar-refractivity contribution in [2.75, 3.05) is 0 Å². The molecule has 0 aliphatic rings. The van der Waals surface area contributed by atoms with Crippen LogP contribution in [0, 0.1) is 0 Å². The molecule has 0 saturated heterocycles. The molecule has 26 heavy (non-hydrogen) atoms. The van der Waals surface area contributed by atoms with Crippen LogP contribution in [0.2, 0.25) is 0 Å². The van der Waals surface area contributed by atoms with Crippen molar-refractivity contribution in [2.24, 2.45) is 0 Å². The van der Waals surface area contributed by atoms with Crippen LogP contribution in [0.3, 0.4) is 0 Å². The third kappa shape index (κ3) is 5.97. The van der Waals surface area contributed by atoms with Gasteiger partial charge in [0.15, 0.2) is 12.6 Å². The van der Waals surface area contributed by atoms with Gasteiger partial charge in [0, 0.05) is 11.1 Å². The van der Waals surface area contributed by atoms with E-state index in [9.17, 15) is 29.4 Å². The minimum atomic E-state index is -1.50. The maximum absolute atomic E-state index is 10.3. The van der Waals surface area contributed by atoms with E-state index in [1.54, 1.807) is 0 Å². The number of carbonyl (C=O) groups excluding carboxylic acids is 4. The number of carboxylic acid groups (broad SMARTS) is 2. The number of para-hydroxylation sites is 2. The Labute approximate surface area is 155 Å². The molecule has 0 amide bonds. The Morgan fingerprint density at radius 2 is 1.08 bits per heavy atom. The van der Waals surface area contributed by atoms with Gasteiger partial charge in [-0.25, -0.2) is 0 Å². The number of carbonyl (C=O) groups is 4. The molecule has 2 aromatic carbocycles. The van der Waals surface area contributed by atoms with Gasteiger partial charge in [0.25, 0.3) is 0 Å². The van der Waals surface area contributed by atoms with Gasteiger partial charge in [-0.05, 0) is 24.3 Å². The molecule has 0 aromatic heterocycles. The molecule has 0 radical (unpaired) electrons. The molecule has 0 atom stereocenters. The molecule has 0 aliphatic heterocycles. The molecule has 2 aromatic rings. The molecule has 0 spiro atoms. The third-order valence-electron chi connectivity index (χ3n) is 2.83. The van der Waals surface area contributed by atoms with Crippen LogP contribution >= 0.6 is 0 Å². The average molecular weight is 397 g/mol. The van der Waals surface area contributed by atoms with Crippen LogP contribution < -0.4 is 10.2 Å². The predicted octanol–water partition coefficient (Wildman–Crippen LogP) is -0.985. The van der Waals surface area contributed by atoms with Crippen molar-refractivity contribution in [1.29, 1.82) is 0 Å². The number of aldehydes is 2. The van der Waals surface area contributed by atoms with Crippen molar-refractivity contribution in [1.82, 2.24) is 0 Å². The first-order valence-electron chi connectivity index (χ1n) is 6.48. The summed E-state index contributed by atoms with van der Waals surface area (Å²) < 4.78 is 8.19. The van der Waals surface area contributed by atoms with E-state index >= 15 is 0 Å². The van der Waals surface area contributed by atoms with E-state index < -0.39 is 23.4 Å². The van der Waals surface area contributed by atoms with Crippen LogP contribution in [0.15, 0.2) is 36.4 Å². The topological polar surface area (TPSA) is 172 Å². The zero-order chi connectivity index (χ0) is 20.3. The second-order valence-corrected chi connectivity index (χ2v) is 4.30. The fourth-order valence-electron chi connectivity index (χ4n) is 1.64. The first kappa shape index (κ1) is 22.7. The quantitative estimate of drug-likeness (QED) is 0.615. The maximum atomic E-state index is 10.3. The van der Waals surface area contributed by atoms with Gasteiger partial charge in [0.1, 0.15) is 11.5 Å². The molecule has 10 heteroatoms. The van der Waals surface area contributed by atoms with Crippen molar-refractivity contribution in [3.8, 4) is 11.5 Å². The summed E-state index contributed by atoms with van der Waals surface area (Å²) in [5.41, 5.74) is -0.868. The SMILES string of the molecule is O=Cc1cccc(C(=O)[O-])c1O.O=Cc1cccc(C(=O)[O-])c1O.[O]=[V+2]. The molecule has 0 bridgehead atoms. The van der Waals surface area contributed by atoms with E-state index in [0.29, 0.717) is 12.6 Å². The molecule has 2 N–H and O–H groups in total. The summed E-state index contributed by atoms with van der Waals surface area (Å²) >= 11 is 1.06. The van der Waals surface area contributed by atoms with E-state index in [4.69, 9.17) is 13.9 Å². The van der Waals surface area contributed by atoms with Crippen LogP contribution in [0.4, 0.5) is 0 Å². The van der Waals surface area contributed by atoms with Crippen molar-refractivity contribution in [2.45, 2.75) is 0 Å². The summed E-state index contributed by atoms with van der Waals surface area (Å²) in [4.78, 5) is 41.1. The third-order valence-corrected chi connectivity index (χ3v) is 2.83. The Bertz CT molecular complexity index is 750. The molecule has 133 valence electrons. The van der Waals surface area contributed by atoms with Crippen LogP contribution in [0.5, 0.6) is 11.5 Å². The van der Waals surface area contributed by atoms with Crippen LogP contribution in [0.1, 0.15) is 41.4 Å². The van der Waals surface area contributed by atoms with E-state index in [2.05, 4.69) is 0 Å². The number of rotatable bonds is 4. The molecule has 0 heterocycles. The van der Waals surface area contributed by atoms with Crippen LogP contribution in [-0.2, 0) is 21.0 Å². The standard InChI is InChI=1S/2C8H6O4.O.V/c2*9-4-5-2-1-3-6(7(5)10)8(11)12;;/h2*1-4,10H,(H,11,12);;/q;;;+2/p-2. The van der Waals surface area contributed by atoms with E-state index in [1.807, 2.05) is 0 Å². The molecule has 0 unspecified atom stereocenters. The van der Waals surface area contributed by atoms with Crippen molar-refractivity contribution in [3.05, 3.63) is 58.7 Å². The van der Waals surface area contributed by atoms with Crippen LogP contribution in [0.25, 0.3) is 0 Å². The molecule has 0 aliphatic carbocycles.